The van der Waals surface area contributed by atoms with Crippen LogP contribution < -0.4 is 10.6 Å². The molecule has 0 aliphatic rings. The van der Waals surface area contributed by atoms with E-state index in [0.29, 0.717) is 12.1 Å². The highest BCUT2D eigenvalue weighted by molar-refractivity contribution is 5.87. The number of aromatic amines is 1. The smallest absolute Gasteiger partial charge is 0.408 e. The Morgan fingerprint density at radius 1 is 1.03 bits per heavy atom. The minimum atomic E-state index is -0.811. The summed E-state index contributed by atoms with van der Waals surface area (Å²) >= 11 is 0. The molecule has 2 aromatic carbocycles. The van der Waals surface area contributed by atoms with Gasteiger partial charge >= 0.3 is 6.09 Å². The number of alkyl carbamates (subject to hydrolysis) is 1. The molecule has 2 amide bonds. The van der Waals surface area contributed by atoms with E-state index in [1.807, 2.05) is 54.7 Å². The predicted molar refractivity (Wildman–Crippen MR) is 118 cm³/mol. The van der Waals surface area contributed by atoms with Crippen molar-refractivity contribution in [1.82, 2.24) is 15.6 Å². The Morgan fingerprint density at radius 2 is 1.73 bits per heavy atom. The molecule has 1 aromatic heterocycles. The van der Waals surface area contributed by atoms with Crippen molar-refractivity contribution >= 4 is 22.9 Å². The van der Waals surface area contributed by atoms with E-state index in [4.69, 9.17) is 4.74 Å². The Kier molecular flexibility index (Phi) is 6.77. The van der Waals surface area contributed by atoms with Crippen molar-refractivity contribution in [3.05, 3.63) is 71.9 Å². The number of H-pyrrole nitrogens is 1. The van der Waals surface area contributed by atoms with Crippen LogP contribution in [0.3, 0.4) is 0 Å². The molecule has 0 aliphatic carbocycles. The van der Waals surface area contributed by atoms with Crippen LogP contribution in [0, 0.1) is 0 Å². The molecule has 3 N–H and O–H groups in total. The average molecular weight is 408 g/mol. The van der Waals surface area contributed by atoms with E-state index in [1.54, 1.807) is 20.8 Å². The lowest BCUT2D eigenvalue weighted by Gasteiger charge is -2.23. The van der Waals surface area contributed by atoms with Gasteiger partial charge in [0.25, 0.3) is 0 Å². The summed E-state index contributed by atoms with van der Waals surface area (Å²) in [5.74, 6) is -0.258. The van der Waals surface area contributed by atoms with E-state index in [0.717, 1.165) is 18.4 Å². The molecule has 6 heteroatoms. The number of benzene rings is 2. The van der Waals surface area contributed by atoms with E-state index in [9.17, 15) is 9.59 Å². The number of rotatable bonds is 7. The van der Waals surface area contributed by atoms with Gasteiger partial charge in [-0.15, -0.1) is 0 Å². The van der Waals surface area contributed by atoms with Crippen molar-refractivity contribution < 1.29 is 14.3 Å². The average Bonchev–Trinajstić information content (AvgIpc) is 3.12. The fourth-order valence-corrected chi connectivity index (χ4v) is 3.30. The van der Waals surface area contributed by atoms with Crippen LogP contribution in [-0.2, 0) is 16.0 Å². The van der Waals surface area contributed by atoms with Gasteiger partial charge in [0.05, 0.1) is 0 Å². The highest BCUT2D eigenvalue weighted by Crippen LogP contribution is 2.19. The first kappa shape index (κ1) is 21.4. The van der Waals surface area contributed by atoms with Gasteiger partial charge in [-0.1, -0.05) is 48.5 Å². The molecule has 0 bridgehead atoms. The molecule has 158 valence electrons. The number of amides is 2. The summed E-state index contributed by atoms with van der Waals surface area (Å²) in [4.78, 5) is 28.3. The molecule has 3 rings (SSSR count). The number of ether oxygens (including phenoxy) is 1. The van der Waals surface area contributed by atoms with Crippen LogP contribution in [0.5, 0.6) is 0 Å². The third-order valence-electron chi connectivity index (χ3n) is 4.65. The van der Waals surface area contributed by atoms with Crippen LogP contribution in [0.2, 0.25) is 0 Å². The van der Waals surface area contributed by atoms with Gasteiger partial charge in [-0.2, -0.15) is 0 Å². The summed E-state index contributed by atoms with van der Waals surface area (Å²) in [6.07, 6.45) is 3.04. The van der Waals surface area contributed by atoms with E-state index in [-0.39, 0.29) is 5.91 Å². The number of carbonyl (C=O) groups excluding carboxylic acids is 2. The van der Waals surface area contributed by atoms with Gasteiger partial charge in [-0.3, -0.25) is 4.79 Å². The Morgan fingerprint density at radius 3 is 2.47 bits per heavy atom. The molecule has 30 heavy (non-hydrogen) atoms. The highest BCUT2D eigenvalue weighted by atomic mass is 16.6. The zero-order valence-corrected chi connectivity index (χ0v) is 17.7. The first-order valence-electron chi connectivity index (χ1n) is 10.2. The molecule has 0 spiro atoms. The first-order chi connectivity index (χ1) is 14.3. The molecular formula is C24H29N3O3. The minimum absolute atomic E-state index is 0.258. The molecule has 1 heterocycles. The maximum Gasteiger partial charge on any atom is 0.408 e. The van der Waals surface area contributed by atoms with Crippen LogP contribution in [0.1, 0.15) is 44.4 Å². The number of carbonyl (C=O) groups is 2. The molecule has 1 atom stereocenters. The number of hydrogen-bond acceptors (Lipinski definition) is 3. The Hall–Kier alpha value is -3.28. The third kappa shape index (κ3) is 5.86. The summed E-state index contributed by atoms with van der Waals surface area (Å²) < 4.78 is 5.32. The molecule has 3 aromatic rings. The topological polar surface area (TPSA) is 83.2 Å². The molecule has 0 radical (unpaired) electrons. The number of fused-ring (bicyclic) bond motifs is 1. The molecule has 0 unspecified atom stereocenters. The van der Waals surface area contributed by atoms with Crippen molar-refractivity contribution in [2.24, 2.45) is 0 Å². The van der Waals surface area contributed by atoms with Crippen LogP contribution >= 0.6 is 0 Å². The van der Waals surface area contributed by atoms with E-state index in [2.05, 4.69) is 21.7 Å². The van der Waals surface area contributed by atoms with Crippen molar-refractivity contribution in [1.29, 1.82) is 0 Å². The Labute approximate surface area is 177 Å². The van der Waals surface area contributed by atoms with E-state index in [1.165, 1.54) is 10.9 Å². The summed E-state index contributed by atoms with van der Waals surface area (Å²) in [6, 6.07) is 16.5. The summed E-state index contributed by atoms with van der Waals surface area (Å²) in [6.45, 7) is 5.87. The van der Waals surface area contributed by atoms with Crippen LogP contribution in [0.25, 0.3) is 10.9 Å². The van der Waals surface area contributed by atoms with E-state index >= 15 is 0 Å². The number of nitrogens with one attached hydrogen (secondary N) is 3. The van der Waals surface area contributed by atoms with Gasteiger partial charge in [0.2, 0.25) is 5.91 Å². The molecule has 0 saturated heterocycles. The highest BCUT2D eigenvalue weighted by Gasteiger charge is 2.25. The fourth-order valence-electron chi connectivity index (χ4n) is 3.30. The van der Waals surface area contributed by atoms with Crippen molar-refractivity contribution in [3.8, 4) is 0 Å². The maximum absolute atomic E-state index is 12.8. The lowest BCUT2D eigenvalue weighted by atomic mass is 10.1. The van der Waals surface area contributed by atoms with Gasteiger partial charge < -0.3 is 20.4 Å². The summed E-state index contributed by atoms with van der Waals surface area (Å²) in [5.41, 5.74) is 2.41. The Balaban J connectivity index is 1.58. The second-order valence-corrected chi connectivity index (χ2v) is 8.24. The zero-order valence-electron chi connectivity index (χ0n) is 17.7. The second-order valence-electron chi connectivity index (χ2n) is 8.24. The third-order valence-corrected chi connectivity index (χ3v) is 4.65. The maximum atomic E-state index is 12.8. The number of aromatic nitrogens is 1. The van der Waals surface area contributed by atoms with Gasteiger partial charge in [0.1, 0.15) is 11.6 Å². The minimum Gasteiger partial charge on any atom is -0.444 e. The molecule has 6 nitrogen and oxygen atoms in total. The largest absolute Gasteiger partial charge is 0.444 e. The Bertz CT molecular complexity index is 990. The van der Waals surface area contributed by atoms with Crippen molar-refractivity contribution in [2.45, 2.75) is 45.3 Å². The first-order valence-corrected chi connectivity index (χ1v) is 10.2. The van der Waals surface area contributed by atoms with Gasteiger partial charge in [0.15, 0.2) is 0 Å². The van der Waals surface area contributed by atoms with Gasteiger partial charge in [0, 0.05) is 23.6 Å². The fraction of sp³-hybridized carbons (Fsp3) is 0.333. The molecule has 0 saturated carbocycles. The SMILES string of the molecule is CC(C)(C)OC(=O)N[C@H](C(=O)NCCCc1c[nH]c2ccccc12)c1ccccc1. The number of hydrogen-bond donors (Lipinski definition) is 3. The quantitative estimate of drug-likeness (QED) is 0.505. The lowest BCUT2D eigenvalue weighted by molar-refractivity contribution is -0.123. The normalized spacial score (nSPS) is 12.4. The molecule has 0 aliphatic heterocycles. The predicted octanol–water partition coefficient (Wildman–Crippen LogP) is 4.48. The van der Waals surface area contributed by atoms with Gasteiger partial charge in [-0.05, 0) is 50.8 Å². The number of para-hydroxylation sites is 1. The van der Waals surface area contributed by atoms with Crippen LogP contribution in [-0.4, -0.2) is 29.1 Å². The summed E-state index contributed by atoms with van der Waals surface area (Å²) in [5, 5.41) is 6.84. The lowest BCUT2D eigenvalue weighted by Crippen LogP contribution is -2.42. The molecule has 0 fully saturated rings. The zero-order chi connectivity index (χ0) is 21.6. The van der Waals surface area contributed by atoms with Crippen molar-refractivity contribution in [2.75, 3.05) is 6.54 Å². The van der Waals surface area contributed by atoms with Crippen LogP contribution in [0.15, 0.2) is 60.8 Å². The van der Waals surface area contributed by atoms with Crippen LogP contribution in [0.4, 0.5) is 4.79 Å². The van der Waals surface area contributed by atoms with Gasteiger partial charge in [-0.25, -0.2) is 4.79 Å². The standard InChI is InChI=1S/C24H29N3O3/c1-24(2,3)30-23(29)27-21(17-10-5-4-6-11-17)22(28)25-15-9-12-18-16-26-20-14-8-7-13-19(18)20/h4-8,10-11,13-14,16,21,26H,9,12,15H2,1-3H3,(H,25,28)(H,27,29)/t21-/m0/s1. The monoisotopic (exact) mass is 407 g/mol. The van der Waals surface area contributed by atoms with Crippen molar-refractivity contribution in [3.63, 3.8) is 0 Å². The summed E-state index contributed by atoms with van der Waals surface area (Å²) in [7, 11) is 0. The molecular weight excluding hydrogens is 378 g/mol. The van der Waals surface area contributed by atoms with E-state index < -0.39 is 17.7 Å². The second kappa shape index (κ2) is 9.48. The number of aryl methyl sites for hydroxylation is 1.